The molecule has 0 spiro atoms. The van der Waals surface area contributed by atoms with Gasteiger partial charge in [-0.3, -0.25) is 4.79 Å². The van der Waals surface area contributed by atoms with Gasteiger partial charge in [-0.05, 0) is 25.8 Å². The van der Waals surface area contributed by atoms with E-state index in [1.54, 1.807) is 13.0 Å². The van der Waals surface area contributed by atoms with E-state index in [0.717, 1.165) is 5.56 Å². The van der Waals surface area contributed by atoms with Gasteiger partial charge in [-0.25, -0.2) is 8.42 Å². The van der Waals surface area contributed by atoms with Crippen molar-refractivity contribution in [2.75, 3.05) is 6.61 Å². The zero-order chi connectivity index (χ0) is 15.2. The topological polar surface area (TPSA) is 60.4 Å². The molecule has 1 rings (SSSR count). The highest BCUT2D eigenvalue weighted by Gasteiger charge is 2.33. The molecule has 0 bridgehead atoms. The van der Waals surface area contributed by atoms with E-state index in [-0.39, 0.29) is 12.4 Å². The summed E-state index contributed by atoms with van der Waals surface area (Å²) >= 11 is 0. The van der Waals surface area contributed by atoms with Crippen molar-refractivity contribution in [1.82, 2.24) is 0 Å². The van der Waals surface area contributed by atoms with Crippen LogP contribution < -0.4 is 0 Å². The molecule has 0 saturated carbocycles. The number of hydrogen-bond donors (Lipinski definition) is 0. The van der Waals surface area contributed by atoms with Gasteiger partial charge < -0.3 is 4.74 Å². The average Bonchev–Trinajstić information content (AvgIpc) is 2.35. The molecule has 0 aromatic heterocycles. The molecule has 112 valence electrons. The molecular weight excluding hydrogens is 276 g/mol. The normalized spacial score (nSPS) is 12.9. The summed E-state index contributed by atoms with van der Waals surface area (Å²) in [6.45, 7) is 5.63. The van der Waals surface area contributed by atoms with Gasteiger partial charge in [-0.2, -0.15) is 0 Å². The summed E-state index contributed by atoms with van der Waals surface area (Å²) in [7, 11) is -3.55. The largest absolute Gasteiger partial charge is 0.465 e. The molecule has 0 fully saturated rings. The Kier molecular flexibility index (Phi) is 6.20. The lowest BCUT2D eigenvalue weighted by Gasteiger charge is -2.15. The summed E-state index contributed by atoms with van der Waals surface area (Å²) in [5.74, 6) is -0.764. The number of carbonyl (C=O) groups excluding carboxylic acids is 1. The smallest absolute Gasteiger partial charge is 0.324 e. The minimum absolute atomic E-state index is 0.127. The Morgan fingerprint density at radius 3 is 2.55 bits per heavy atom. The molecule has 1 aromatic rings. The van der Waals surface area contributed by atoms with Crippen LogP contribution in [0.1, 0.15) is 37.8 Å². The summed E-state index contributed by atoms with van der Waals surface area (Å²) in [5, 5.41) is -1.06. The molecule has 5 heteroatoms. The van der Waals surface area contributed by atoms with Crippen LogP contribution in [-0.2, 0) is 25.1 Å². The lowest BCUT2D eigenvalue weighted by molar-refractivity contribution is -0.142. The van der Waals surface area contributed by atoms with Gasteiger partial charge in [0.05, 0.1) is 12.4 Å². The monoisotopic (exact) mass is 298 g/mol. The van der Waals surface area contributed by atoms with Crippen LogP contribution in [0.25, 0.3) is 0 Å². The van der Waals surface area contributed by atoms with Gasteiger partial charge in [0.25, 0.3) is 0 Å². The second kappa shape index (κ2) is 7.43. The molecule has 0 aliphatic carbocycles. The predicted octanol–water partition coefficient (Wildman–Crippen LogP) is 2.64. The second-order valence-electron chi connectivity index (χ2n) is 4.83. The number of aryl methyl sites for hydroxylation is 1. The highest BCUT2D eigenvalue weighted by Crippen LogP contribution is 2.17. The highest BCUT2D eigenvalue weighted by molar-refractivity contribution is 7.92. The first-order valence-corrected chi connectivity index (χ1v) is 8.56. The van der Waals surface area contributed by atoms with Crippen LogP contribution in [0, 0.1) is 6.92 Å². The Balaban J connectivity index is 2.96. The van der Waals surface area contributed by atoms with Crippen LogP contribution in [0.3, 0.4) is 0 Å². The number of benzene rings is 1. The van der Waals surface area contributed by atoms with Crippen molar-refractivity contribution in [2.24, 2.45) is 0 Å². The number of ether oxygens (including phenoxy) is 1. The third kappa shape index (κ3) is 4.63. The first kappa shape index (κ1) is 16.7. The summed E-state index contributed by atoms with van der Waals surface area (Å²) in [6, 6.07) is 7.31. The fraction of sp³-hybridized carbons (Fsp3) is 0.533. The molecule has 0 amide bonds. The van der Waals surface area contributed by atoms with Gasteiger partial charge >= 0.3 is 5.97 Å². The fourth-order valence-corrected chi connectivity index (χ4v) is 3.88. The minimum atomic E-state index is -3.55. The van der Waals surface area contributed by atoms with E-state index in [9.17, 15) is 13.2 Å². The Labute approximate surface area is 121 Å². The number of carbonyl (C=O) groups is 1. The van der Waals surface area contributed by atoms with Gasteiger partial charge in [-0.1, -0.05) is 43.2 Å². The molecule has 4 nitrogen and oxygen atoms in total. The Hall–Kier alpha value is -1.36. The van der Waals surface area contributed by atoms with E-state index in [2.05, 4.69) is 0 Å². The van der Waals surface area contributed by atoms with Gasteiger partial charge in [0.15, 0.2) is 15.1 Å². The maximum atomic E-state index is 12.4. The van der Waals surface area contributed by atoms with Crippen LogP contribution in [0.5, 0.6) is 0 Å². The molecule has 0 N–H and O–H groups in total. The van der Waals surface area contributed by atoms with Crippen molar-refractivity contribution in [1.29, 1.82) is 0 Å². The molecule has 0 aliphatic rings. The van der Waals surface area contributed by atoms with Gasteiger partial charge in [-0.15, -0.1) is 0 Å². The highest BCUT2D eigenvalue weighted by atomic mass is 32.2. The molecule has 0 aliphatic heterocycles. The quantitative estimate of drug-likeness (QED) is 0.726. The minimum Gasteiger partial charge on any atom is -0.465 e. The van der Waals surface area contributed by atoms with Crippen molar-refractivity contribution in [3.8, 4) is 0 Å². The standard InChI is InChI=1S/C15H22O4S/c1-4-7-14(15(16)19-5-2)20(17,18)11-13-9-6-8-12(3)10-13/h6,8-10,14H,4-5,7,11H2,1-3H3. The molecule has 1 atom stereocenters. The average molecular weight is 298 g/mol. The maximum Gasteiger partial charge on any atom is 0.324 e. The van der Waals surface area contributed by atoms with E-state index in [4.69, 9.17) is 4.74 Å². The van der Waals surface area contributed by atoms with Crippen molar-refractivity contribution in [3.63, 3.8) is 0 Å². The van der Waals surface area contributed by atoms with Crippen molar-refractivity contribution in [2.45, 2.75) is 44.6 Å². The zero-order valence-electron chi connectivity index (χ0n) is 12.3. The Bertz CT molecular complexity index is 549. The molecular formula is C15H22O4S. The van der Waals surface area contributed by atoms with E-state index < -0.39 is 21.1 Å². The molecule has 0 saturated heterocycles. The van der Waals surface area contributed by atoms with Crippen LogP contribution in [0.2, 0.25) is 0 Å². The number of esters is 1. The van der Waals surface area contributed by atoms with E-state index >= 15 is 0 Å². The Morgan fingerprint density at radius 2 is 2.00 bits per heavy atom. The van der Waals surface area contributed by atoms with Crippen molar-refractivity contribution >= 4 is 15.8 Å². The first-order valence-electron chi connectivity index (χ1n) is 6.84. The summed E-state index contributed by atoms with van der Waals surface area (Å²) < 4.78 is 29.7. The van der Waals surface area contributed by atoms with Crippen LogP contribution in [0.4, 0.5) is 0 Å². The third-order valence-corrected chi connectivity index (χ3v) is 5.02. The molecule has 0 radical (unpaired) electrons. The lowest BCUT2D eigenvalue weighted by Crippen LogP contribution is -2.33. The predicted molar refractivity (Wildman–Crippen MR) is 79.1 cm³/mol. The zero-order valence-corrected chi connectivity index (χ0v) is 13.1. The van der Waals surface area contributed by atoms with Crippen molar-refractivity contribution < 1.29 is 17.9 Å². The van der Waals surface area contributed by atoms with E-state index in [1.165, 1.54) is 0 Å². The first-order chi connectivity index (χ1) is 9.40. The van der Waals surface area contributed by atoms with Crippen LogP contribution >= 0.6 is 0 Å². The van der Waals surface area contributed by atoms with Crippen LogP contribution in [-0.4, -0.2) is 26.2 Å². The summed E-state index contributed by atoms with van der Waals surface area (Å²) in [4.78, 5) is 11.8. The lowest BCUT2D eigenvalue weighted by atomic mass is 10.2. The SMILES string of the molecule is CCCC(C(=O)OCC)S(=O)(=O)Cc1cccc(C)c1. The number of sulfone groups is 1. The molecule has 1 unspecified atom stereocenters. The van der Waals surface area contributed by atoms with Gasteiger partial charge in [0.2, 0.25) is 0 Å². The third-order valence-electron chi connectivity index (χ3n) is 2.98. The molecule has 20 heavy (non-hydrogen) atoms. The summed E-state index contributed by atoms with van der Waals surface area (Å²) in [6.07, 6.45) is 0.920. The number of hydrogen-bond acceptors (Lipinski definition) is 4. The van der Waals surface area contributed by atoms with Gasteiger partial charge in [0.1, 0.15) is 0 Å². The summed E-state index contributed by atoms with van der Waals surface area (Å²) in [5.41, 5.74) is 1.70. The Morgan fingerprint density at radius 1 is 1.30 bits per heavy atom. The van der Waals surface area contributed by atoms with E-state index in [0.29, 0.717) is 18.4 Å². The molecule has 0 heterocycles. The molecule has 1 aromatic carbocycles. The fourth-order valence-electron chi connectivity index (χ4n) is 2.08. The van der Waals surface area contributed by atoms with Crippen LogP contribution in [0.15, 0.2) is 24.3 Å². The maximum absolute atomic E-state index is 12.4. The second-order valence-corrected chi connectivity index (χ2v) is 7.01. The van der Waals surface area contributed by atoms with E-state index in [1.807, 2.05) is 32.0 Å². The number of rotatable bonds is 7. The van der Waals surface area contributed by atoms with Crippen molar-refractivity contribution in [3.05, 3.63) is 35.4 Å². The van der Waals surface area contributed by atoms with Gasteiger partial charge in [0, 0.05) is 0 Å².